The number of ether oxygens (including phenoxy) is 1. The van der Waals surface area contributed by atoms with Crippen molar-refractivity contribution in [2.75, 3.05) is 0 Å². The zero-order valence-electron chi connectivity index (χ0n) is 21.0. The Morgan fingerprint density at radius 2 is 1.74 bits per heavy atom. The van der Waals surface area contributed by atoms with Gasteiger partial charge in [-0.3, -0.25) is 14.2 Å². The Balaban J connectivity index is 1.63. The third-order valence-corrected chi connectivity index (χ3v) is 5.92. The molecule has 7 nitrogen and oxygen atoms in total. The molecule has 7 heteroatoms. The maximum atomic E-state index is 13.1. The number of rotatable bonds is 8. The normalized spacial score (nSPS) is 11.3. The van der Waals surface area contributed by atoms with Gasteiger partial charge in [0.15, 0.2) is 0 Å². The van der Waals surface area contributed by atoms with Crippen LogP contribution < -0.4 is 15.6 Å². The molecule has 1 amide bonds. The molecule has 182 valence electrons. The van der Waals surface area contributed by atoms with Gasteiger partial charge in [-0.1, -0.05) is 36.8 Å². The Labute approximate surface area is 205 Å². The summed E-state index contributed by atoms with van der Waals surface area (Å²) in [5, 5.41) is 8.59. The zero-order chi connectivity index (χ0) is 25.1. The smallest absolute Gasteiger partial charge is 0.252 e. The molecule has 0 atom stereocenters. The highest BCUT2D eigenvalue weighted by molar-refractivity contribution is 5.85. The summed E-state index contributed by atoms with van der Waals surface area (Å²) in [6, 6.07) is 17.2. The highest BCUT2D eigenvalue weighted by atomic mass is 16.5. The van der Waals surface area contributed by atoms with Gasteiger partial charge in [-0.05, 0) is 69.5 Å². The number of benzene rings is 2. The van der Waals surface area contributed by atoms with Gasteiger partial charge in [-0.2, -0.15) is 5.10 Å². The van der Waals surface area contributed by atoms with Crippen molar-refractivity contribution in [1.29, 1.82) is 0 Å². The van der Waals surface area contributed by atoms with Crippen molar-refractivity contribution >= 4 is 16.9 Å². The summed E-state index contributed by atoms with van der Waals surface area (Å²) in [7, 11) is 0. The summed E-state index contributed by atoms with van der Waals surface area (Å²) >= 11 is 0. The fourth-order valence-corrected chi connectivity index (χ4v) is 4.20. The van der Waals surface area contributed by atoms with Gasteiger partial charge in [-0.15, -0.1) is 0 Å². The standard InChI is InChI=1S/C28H32N4O3/c1-6-22-15-26(34)31(17-25(33)29-16-21-9-13-24(14-10-21)35-18(2)3)28-27(22)20(5)30-32(28)23-11-7-19(4)8-12-23/h7-15,18H,6,16-17H2,1-5H3,(H,29,33). The number of nitrogens with one attached hydrogen (secondary N) is 1. The van der Waals surface area contributed by atoms with E-state index in [1.54, 1.807) is 10.7 Å². The van der Waals surface area contributed by atoms with E-state index in [1.807, 2.05) is 83.1 Å². The van der Waals surface area contributed by atoms with Crippen LogP contribution in [-0.4, -0.2) is 26.4 Å². The molecule has 2 aromatic heterocycles. The van der Waals surface area contributed by atoms with E-state index in [9.17, 15) is 9.59 Å². The molecule has 4 rings (SSSR count). The summed E-state index contributed by atoms with van der Waals surface area (Å²) in [4.78, 5) is 26.0. The van der Waals surface area contributed by atoms with E-state index in [2.05, 4.69) is 5.32 Å². The highest BCUT2D eigenvalue weighted by Crippen LogP contribution is 2.25. The van der Waals surface area contributed by atoms with Crippen molar-refractivity contribution in [3.05, 3.63) is 87.3 Å². The van der Waals surface area contributed by atoms with Crippen molar-refractivity contribution in [2.45, 2.75) is 60.2 Å². The molecule has 0 aliphatic carbocycles. The molecular weight excluding hydrogens is 440 g/mol. The lowest BCUT2D eigenvalue weighted by molar-refractivity contribution is -0.121. The van der Waals surface area contributed by atoms with Gasteiger partial charge in [0.05, 0.1) is 17.5 Å². The van der Waals surface area contributed by atoms with E-state index in [4.69, 9.17) is 9.84 Å². The fourth-order valence-electron chi connectivity index (χ4n) is 4.20. The maximum Gasteiger partial charge on any atom is 0.252 e. The van der Waals surface area contributed by atoms with E-state index < -0.39 is 0 Å². The van der Waals surface area contributed by atoms with Crippen LogP contribution in [0.3, 0.4) is 0 Å². The first-order valence-corrected chi connectivity index (χ1v) is 12.0. The molecule has 0 aliphatic rings. The largest absolute Gasteiger partial charge is 0.491 e. The number of carbonyl (C=O) groups excluding carboxylic acids is 1. The van der Waals surface area contributed by atoms with Crippen LogP contribution >= 0.6 is 0 Å². The van der Waals surface area contributed by atoms with Crippen LogP contribution in [0.5, 0.6) is 5.75 Å². The quantitative estimate of drug-likeness (QED) is 0.410. The Morgan fingerprint density at radius 3 is 2.37 bits per heavy atom. The van der Waals surface area contributed by atoms with E-state index in [0.29, 0.717) is 18.6 Å². The van der Waals surface area contributed by atoms with Gasteiger partial charge in [0.25, 0.3) is 5.56 Å². The molecule has 0 aliphatic heterocycles. The molecule has 0 radical (unpaired) electrons. The van der Waals surface area contributed by atoms with Crippen LogP contribution in [0.1, 0.15) is 43.2 Å². The van der Waals surface area contributed by atoms with E-state index in [-0.39, 0.29) is 24.1 Å². The Bertz CT molecular complexity index is 1400. The monoisotopic (exact) mass is 472 g/mol. The van der Waals surface area contributed by atoms with Gasteiger partial charge in [0, 0.05) is 18.0 Å². The Kier molecular flexibility index (Phi) is 7.05. The zero-order valence-corrected chi connectivity index (χ0v) is 21.0. The van der Waals surface area contributed by atoms with Crippen molar-refractivity contribution in [3.8, 4) is 11.4 Å². The van der Waals surface area contributed by atoms with Crippen LogP contribution in [0.4, 0.5) is 0 Å². The average Bonchev–Trinajstić information content (AvgIpc) is 3.17. The third kappa shape index (κ3) is 5.29. The number of aryl methyl sites for hydroxylation is 3. The van der Waals surface area contributed by atoms with E-state index in [1.165, 1.54) is 4.57 Å². The average molecular weight is 473 g/mol. The molecule has 4 aromatic rings. The number of nitrogens with zero attached hydrogens (tertiary/aromatic N) is 3. The van der Waals surface area contributed by atoms with Crippen LogP contribution in [-0.2, 0) is 24.3 Å². The molecule has 1 N–H and O–H groups in total. The maximum absolute atomic E-state index is 13.1. The molecule has 0 spiro atoms. The second-order valence-corrected chi connectivity index (χ2v) is 9.07. The minimum absolute atomic E-state index is 0.0924. The van der Waals surface area contributed by atoms with Crippen LogP contribution in [0, 0.1) is 13.8 Å². The molecule has 2 heterocycles. The summed E-state index contributed by atoms with van der Waals surface area (Å²) in [5.74, 6) is 0.550. The number of aromatic nitrogens is 3. The molecule has 0 fully saturated rings. The first-order chi connectivity index (χ1) is 16.8. The molecule has 2 aromatic carbocycles. The van der Waals surface area contributed by atoms with Gasteiger partial charge in [0.2, 0.25) is 5.91 Å². The van der Waals surface area contributed by atoms with Crippen LogP contribution in [0.25, 0.3) is 16.7 Å². The fraction of sp³-hybridized carbons (Fsp3) is 0.321. The molecule has 0 bridgehead atoms. The predicted molar refractivity (Wildman–Crippen MR) is 138 cm³/mol. The number of amides is 1. The number of carbonyl (C=O) groups is 1. The Morgan fingerprint density at radius 1 is 1.06 bits per heavy atom. The van der Waals surface area contributed by atoms with Gasteiger partial charge in [0.1, 0.15) is 17.9 Å². The van der Waals surface area contributed by atoms with Crippen LogP contribution in [0.15, 0.2) is 59.4 Å². The van der Waals surface area contributed by atoms with E-state index in [0.717, 1.165) is 39.2 Å². The van der Waals surface area contributed by atoms with Gasteiger partial charge in [-0.25, -0.2) is 4.68 Å². The lowest BCUT2D eigenvalue weighted by Crippen LogP contribution is -2.33. The van der Waals surface area contributed by atoms with Crippen molar-refractivity contribution < 1.29 is 9.53 Å². The summed E-state index contributed by atoms with van der Waals surface area (Å²) < 4.78 is 8.96. The number of hydrogen-bond acceptors (Lipinski definition) is 4. The highest BCUT2D eigenvalue weighted by Gasteiger charge is 2.19. The minimum Gasteiger partial charge on any atom is -0.491 e. The van der Waals surface area contributed by atoms with Crippen molar-refractivity contribution in [1.82, 2.24) is 19.7 Å². The van der Waals surface area contributed by atoms with Crippen molar-refractivity contribution in [3.63, 3.8) is 0 Å². The third-order valence-electron chi connectivity index (χ3n) is 5.92. The molecule has 0 unspecified atom stereocenters. The topological polar surface area (TPSA) is 78.2 Å². The summed E-state index contributed by atoms with van der Waals surface area (Å²) in [6.07, 6.45) is 0.808. The second-order valence-electron chi connectivity index (χ2n) is 9.07. The first-order valence-electron chi connectivity index (χ1n) is 12.0. The Hall–Kier alpha value is -3.87. The second kappa shape index (κ2) is 10.2. The molecule has 0 saturated heterocycles. The van der Waals surface area contributed by atoms with Crippen LogP contribution in [0.2, 0.25) is 0 Å². The lowest BCUT2D eigenvalue weighted by Gasteiger charge is -2.14. The number of hydrogen-bond donors (Lipinski definition) is 1. The number of pyridine rings is 1. The SMILES string of the molecule is CCc1cc(=O)n(CC(=O)NCc2ccc(OC(C)C)cc2)c2c1c(C)nn2-c1ccc(C)cc1. The number of fused-ring (bicyclic) bond motifs is 1. The molecular formula is C28H32N4O3. The van der Waals surface area contributed by atoms with E-state index >= 15 is 0 Å². The molecule has 0 saturated carbocycles. The first kappa shape index (κ1) is 24.3. The van der Waals surface area contributed by atoms with Crippen molar-refractivity contribution in [2.24, 2.45) is 0 Å². The minimum atomic E-state index is -0.241. The lowest BCUT2D eigenvalue weighted by atomic mass is 10.1. The predicted octanol–water partition coefficient (Wildman–Crippen LogP) is 4.47. The van der Waals surface area contributed by atoms with Gasteiger partial charge >= 0.3 is 0 Å². The summed E-state index contributed by atoms with van der Waals surface area (Å²) in [5.41, 5.74) is 5.12. The van der Waals surface area contributed by atoms with Gasteiger partial charge < -0.3 is 10.1 Å². The summed E-state index contributed by atoms with van der Waals surface area (Å²) in [6.45, 7) is 10.2. The molecule has 35 heavy (non-hydrogen) atoms.